The molecule has 0 bridgehead atoms. The van der Waals surface area contributed by atoms with Crippen molar-refractivity contribution in [2.75, 3.05) is 53.6 Å². The van der Waals surface area contributed by atoms with Crippen molar-refractivity contribution in [3.05, 3.63) is 71.7 Å². The molecule has 1 aromatic carbocycles. The molecule has 0 aliphatic carbocycles. The number of nitrogens with zero attached hydrogens (tertiary/aromatic N) is 4. The normalized spacial score (nSPS) is 14.1. The maximum absolute atomic E-state index is 12.6. The second kappa shape index (κ2) is 13.0. The van der Waals surface area contributed by atoms with Gasteiger partial charge in [-0.2, -0.15) is 0 Å². The van der Waals surface area contributed by atoms with E-state index in [-0.39, 0.29) is 11.6 Å². The first-order chi connectivity index (χ1) is 17.6. The van der Waals surface area contributed by atoms with Crippen LogP contribution in [0.25, 0.3) is 0 Å². The molecule has 0 unspecified atom stereocenters. The van der Waals surface area contributed by atoms with Gasteiger partial charge in [-0.15, -0.1) is 0 Å². The van der Waals surface area contributed by atoms with Gasteiger partial charge in [0.1, 0.15) is 17.8 Å². The van der Waals surface area contributed by atoms with Gasteiger partial charge < -0.3 is 23.9 Å². The van der Waals surface area contributed by atoms with E-state index >= 15 is 0 Å². The lowest BCUT2D eigenvalue weighted by Crippen LogP contribution is -2.41. The van der Waals surface area contributed by atoms with Crippen molar-refractivity contribution < 1.29 is 23.4 Å². The van der Waals surface area contributed by atoms with Gasteiger partial charge in [-0.25, -0.2) is 4.98 Å². The molecule has 10 heteroatoms. The highest BCUT2D eigenvalue weighted by atomic mass is 16.5. The van der Waals surface area contributed by atoms with Crippen LogP contribution < -0.4 is 14.8 Å². The molecule has 1 amide bonds. The molecule has 0 atom stereocenters. The molecule has 1 saturated heterocycles. The summed E-state index contributed by atoms with van der Waals surface area (Å²) >= 11 is 0. The minimum absolute atomic E-state index is 0.251. The van der Waals surface area contributed by atoms with Crippen molar-refractivity contribution in [3.63, 3.8) is 0 Å². The van der Waals surface area contributed by atoms with Gasteiger partial charge >= 0.3 is 0 Å². The Balaban J connectivity index is 1.43. The van der Waals surface area contributed by atoms with Crippen molar-refractivity contribution in [1.82, 2.24) is 25.1 Å². The van der Waals surface area contributed by atoms with Gasteiger partial charge in [-0.1, -0.05) is 6.07 Å². The lowest BCUT2D eigenvalue weighted by atomic mass is 10.1. The number of rotatable bonds is 12. The Morgan fingerprint density at radius 1 is 1.17 bits per heavy atom. The fraction of sp³-hybridized carbons (Fsp3) is 0.423. The second-order valence-corrected chi connectivity index (χ2v) is 8.51. The van der Waals surface area contributed by atoms with Crippen LogP contribution in [0, 0.1) is 0 Å². The monoisotopic (exact) mass is 495 g/mol. The van der Waals surface area contributed by atoms with Crippen LogP contribution in [0.4, 0.5) is 0 Å². The first kappa shape index (κ1) is 25.6. The molecule has 0 spiro atoms. The van der Waals surface area contributed by atoms with E-state index in [1.807, 2.05) is 30.3 Å². The average Bonchev–Trinajstić information content (AvgIpc) is 3.40. The van der Waals surface area contributed by atoms with E-state index < -0.39 is 0 Å². The van der Waals surface area contributed by atoms with E-state index in [0.717, 1.165) is 62.0 Å². The standard InChI is InChI=1S/C26H33N5O5/c1-33-22-5-6-24(34-2)21(14-22)17-31(9-8-30-10-12-35-13-11-30)18-25-29-23(19-36-25)26(32)28-16-20-4-3-7-27-15-20/h3-7,14-15,19H,8-13,16-18H2,1-2H3,(H,28,32). The maximum atomic E-state index is 12.6. The lowest BCUT2D eigenvalue weighted by molar-refractivity contribution is 0.0320. The molecular weight excluding hydrogens is 462 g/mol. The van der Waals surface area contributed by atoms with Crippen LogP contribution in [-0.4, -0.2) is 79.3 Å². The number of carbonyl (C=O) groups excluding carboxylic acids is 1. The predicted molar refractivity (Wildman–Crippen MR) is 133 cm³/mol. The van der Waals surface area contributed by atoms with Crippen molar-refractivity contribution >= 4 is 5.91 Å². The Morgan fingerprint density at radius 2 is 2.03 bits per heavy atom. The molecule has 1 aliphatic heterocycles. The zero-order valence-corrected chi connectivity index (χ0v) is 20.8. The molecule has 1 aliphatic rings. The number of carbonyl (C=O) groups is 1. The number of hydrogen-bond donors (Lipinski definition) is 1. The molecular formula is C26H33N5O5. The lowest BCUT2D eigenvalue weighted by Gasteiger charge is -2.30. The third-order valence-electron chi connectivity index (χ3n) is 6.04. The van der Waals surface area contributed by atoms with E-state index in [1.165, 1.54) is 6.26 Å². The molecule has 36 heavy (non-hydrogen) atoms. The van der Waals surface area contributed by atoms with Gasteiger partial charge in [0.25, 0.3) is 5.91 Å². The zero-order chi connectivity index (χ0) is 25.2. The summed E-state index contributed by atoms with van der Waals surface area (Å²) in [7, 11) is 3.31. The largest absolute Gasteiger partial charge is 0.497 e. The average molecular weight is 496 g/mol. The highest BCUT2D eigenvalue weighted by molar-refractivity contribution is 5.91. The van der Waals surface area contributed by atoms with Crippen LogP contribution in [0.5, 0.6) is 11.5 Å². The highest BCUT2D eigenvalue weighted by Crippen LogP contribution is 2.26. The van der Waals surface area contributed by atoms with Gasteiger partial charge in [0.15, 0.2) is 5.69 Å². The molecule has 192 valence electrons. The zero-order valence-electron chi connectivity index (χ0n) is 20.8. The summed E-state index contributed by atoms with van der Waals surface area (Å²) < 4.78 is 22.2. The summed E-state index contributed by atoms with van der Waals surface area (Å²) in [4.78, 5) is 25.7. The van der Waals surface area contributed by atoms with Gasteiger partial charge in [0.05, 0.1) is 34.0 Å². The highest BCUT2D eigenvalue weighted by Gasteiger charge is 2.19. The summed E-state index contributed by atoms with van der Waals surface area (Å²) in [6.45, 7) is 6.42. The Morgan fingerprint density at radius 3 is 2.78 bits per heavy atom. The summed E-state index contributed by atoms with van der Waals surface area (Å²) in [5, 5.41) is 2.85. The number of benzene rings is 1. The second-order valence-electron chi connectivity index (χ2n) is 8.51. The fourth-order valence-electron chi connectivity index (χ4n) is 4.02. The maximum Gasteiger partial charge on any atom is 0.273 e. The van der Waals surface area contributed by atoms with Gasteiger partial charge in [-0.3, -0.25) is 19.6 Å². The molecule has 10 nitrogen and oxygen atoms in total. The molecule has 0 radical (unpaired) electrons. The van der Waals surface area contributed by atoms with Crippen molar-refractivity contribution in [1.29, 1.82) is 0 Å². The smallest absolute Gasteiger partial charge is 0.273 e. The minimum atomic E-state index is -0.289. The SMILES string of the molecule is COc1ccc(OC)c(CN(CCN2CCOCC2)Cc2nc(C(=O)NCc3cccnc3)co2)c1. The number of morpholine rings is 1. The summed E-state index contributed by atoms with van der Waals surface area (Å²) in [5.41, 5.74) is 2.16. The Kier molecular flexibility index (Phi) is 9.26. The van der Waals surface area contributed by atoms with Crippen LogP contribution in [0.2, 0.25) is 0 Å². The quantitative estimate of drug-likeness (QED) is 0.406. The first-order valence-electron chi connectivity index (χ1n) is 12.0. The van der Waals surface area contributed by atoms with Crippen molar-refractivity contribution in [2.24, 2.45) is 0 Å². The molecule has 0 saturated carbocycles. The molecule has 2 aromatic heterocycles. The fourth-order valence-corrected chi connectivity index (χ4v) is 4.02. The summed E-state index contributed by atoms with van der Waals surface area (Å²) in [5.74, 6) is 1.74. The first-order valence-corrected chi connectivity index (χ1v) is 12.0. The topological polar surface area (TPSA) is 102 Å². The van der Waals surface area contributed by atoms with Gasteiger partial charge in [0, 0.05) is 57.2 Å². The number of hydrogen-bond acceptors (Lipinski definition) is 9. The molecule has 3 heterocycles. The van der Waals surface area contributed by atoms with Crippen LogP contribution >= 0.6 is 0 Å². The molecule has 3 aromatic rings. The number of pyridine rings is 1. The number of nitrogens with one attached hydrogen (secondary N) is 1. The van der Waals surface area contributed by atoms with Crippen molar-refractivity contribution in [3.8, 4) is 11.5 Å². The van der Waals surface area contributed by atoms with Crippen LogP contribution in [0.15, 0.2) is 53.4 Å². The van der Waals surface area contributed by atoms with Crippen molar-refractivity contribution in [2.45, 2.75) is 19.6 Å². The summed E-state index contributed by atoms with van der Waals surface area (Å²) in [6, 6.07) is 9.50. The molecule has 1 N–H and O–H groups in total. The van der Waals surface area contributed by atoms with E-state index in [9.17, 15) is 4.79 Å². The number of oxazole rings is 1. The van der Waals surface area contributed by atoms with E-state index in [4.69, 9.17) is 18.6 Å². The Labute approximate surface area is 211 Å². The third kappa shape index (κ3) is 7.27. The Bertz CT molecular complexity index is 1100. The van der Waals surface area contributed by atoms with Crippen LogP contribution in [0.3, 0.4) is 0 Å². The third-order valence-corrected chi connectivity index (χ3v) is 6.04. The molecule has 4 rings (SSSR count). The van der Waals surface area contributed by atoms with Gasteiger partial charge in [0.2, 0.25) is 5.89 Å². The predicted octanol–water partition coefficient (Wildman–Crippen LogP) is 2.35. The molecule has 1 fully saturated rings. The van der Waals surface area contributed by atoms with Crippen LogP contribution in [0.1, 0.15) is 27.5 Å². The van der Waals surface area contributed by atoms with Crippen LogP contribution in [-0.2, 0) is 24.4 Å². The summed E-state index contributed by atoms with van der Waals surface area (Å²) in [6.07, 6.45) is 4.81. The van der Waals surface area contributed by atoms with Gasteiger partial charge in [-0.05, 0) is 29.8 Å². The minimum Gasteiger partial charge on any atom is -0.497 e. The van der Waals surface area contributed by atoms with E-state index in [1.54, 1.807) is 26.6 Å². The number of aromatic nitrogens is 2. The van der Waals surface area contributed by atoms with E-state index in [0.29, 0.717) is 25.5 Å². The number of ether oxygens (including phenoxy) is 3. The number of amides is 1. The number of methoxy groups -OCH3 is 2. The Hall–Kier alpha value is -3.47. The van der Waals surface area contributed by atoms with E-state index in [2.05, 4.69) is 25.1 Å².